The van der Waals surface area contributed by atoms with Crippen LogP contribution in [0.15, 0.2) is 24.7 Å². The smallest absolute Gasteiger partial charge is 0.377 e. The fraction of sp³-hybridized carbons (Fsp3) is 0.273. The van der Waals surface area contributed by atoms with Gasteiger partial charge in [-0.15, -0.1) is 5.10 Å². The second-order valence-corrected chi connectivity index (χ2v) is 3.26. The second-order valence-electron chi connectivity index (χ2n) is 3.26. The number of esters is 1. The van der Waals surface area contributed by atoms with Gasteiger partial charge in [0, 0.05) is 6.20 Å². The zero-order chi connectivity index (χ0) is 13.0. The van der Waals surface area contributed by atoms with Crippen LogP contribution in [0.3, 0.4) is 0 Å². The van der Waals surface area contributed by atoms with Gasteiger partial charge in [0.05, 0.1) is 13.7 Å². The molecule has 0 saturated carbocycles. The van der Waals surface area contributed by atoms with E-state index in [1.807, 2.05) is 6.92 Å². The number of carbonyl (C=O) groups excluding carboxylic acids is 1. The Morgan fingerprint density at radius 3 is 3.00 bits per heavy atom. The lowest BCUT2D eigenvalue weighted by molar-refractivity contribution is 0.0587. The maximum absolute atomic E-state index is 11.3. The highest BCUT2D eigenvalue weighted by Gasteiger charge is 2.14. The fourth-order valence-electron chi connectivity index (χ4n) is 1.37. The Morgan fingerprint density at radius 2 is 2.28 bits per heavy atom. The summed E-state index contributed by atoms with van der Waals surface area (Å²) in [6, 6.07) is 3.53. The molecule has 0 aliphatic heterocycles. The number of ether oxygens (including phenoxy) is 2. The maximum Gasteiger partial charge on any atom is 0.377 e. The van der Waals surface area contributed by atoms with Crippen LogP contribution in [0.2, 0.25) is 0 Å². The van der Waals surface area contributed by atoms with Gasteiger partial charge < -0.3 is 9.47 Å². The van der Waals surface area contributed by atoms with Crippen LogP contribution in [0, 0.1) is 0 Å². The van der Waals surface area contributed by atoms with E-state index in [1.54, 1.807) is 18.3 Å². The third-order valence-electron chi connectivity index (χ3n) is 2.13. The lowest BCUT2D eigenvalue weighted by Crippen LogP contribution is -2.07. The Balaban J connectivity index is 2.36. The summed E-state index contributed by atoms with van der Waals surface area (Å²) in [7, 11) is 1.27. The molecule has 0 saturated heterocycles. The van der Waals surface area contributed by atoms with Gasteiger partial charge >= 0.3 is 5.97 Å². The van der Waals surface area contributed by atoms with Crippen molar-refractivity contribution in [1.29, 1.82) is 0 Å². The maximum atomic E-state index is 11.3. The van der Waals surface area contributed by atoms with Crippen molar-refractivity contribution in [1.82, 2.24) is 19.7 Å². The number of pyridine rings is 1. The highest BCUT2D eigenvalue weighted by atomic mass is 16.5. The third kappa shape index (κ3) is 2.29. The molecule has 0 radical (unpaired) electrons. The Morgan fingerprint density at radius 1 is 1.44 bits per heavy atom. The Labute approximate surface area is 103 Å². The first kappa shape index (κ1) is 12.0. The van der Waals surface area contributed by atoms with Gasteiger partial charge in [0.15, 0.2) is 11.6 Å². The van der Waals surface area contributed by atoms with Gasteiger partial charge in [0.2, 0.25) is 0 Å². The molecule has 0 spiro atoms. The molecular weight excluding hydrogens is 236 g/mol. The summed E-state index contributed by atoms with van der Waals surface area (Å²) >= 11 is 0. The summed E-state index contributed by atoms with van der Waals surface area (Å²) in [5.41, 5.74) is 0. The minimum Gasteiger partial charge on any atom is -0.490 e. The monoisotopic (exact) mass is 248 g/mol. The van der Waals surface area contributed by atoms with Crippen molar-refractivity contribution >= 4 is 5.97 Å². The third-order valence-corrected chi connectivity index (χ3v) is 2.13. The van der Waals surface area contributed by atoms with E-state index in [9.17, 15) is 4.79 Å². The number of rotatable bonds is 4. The van der Waals surface area contributed by atoms with E-state index in [4.69, 9.17) is 4.74 Å². The lowest BCUT2D eigenvalue weighted by Gasteiger charge is -2.07. The molecule has 7 nitrogen and oxygen atoms in total. The van der Waals surface area contributed by atoms with Crippen molar-refractivity contribution in [2.75, 3.05) is 13.7 Å². The van der Waals surface area contributed by atoms with Crippen molar-refractivity contribution in [3.63, 3.8) is 0 Å². The molecule has 0 N–H and O–H groups in total. The molecule has 2 rings (SSSR count). The molecule has 2 heterocycles. The summed E-state index contributed by atoms with van der Waals surface area (Å²) in [5.74, 6) is 0.427. The average Bonchev–Trinajstić information content (AvgIpc) is 2.88. The van der Waals surface area contributed by atoms with Crippen LogP contribution in [-0.4, -0.2) is 39.4 Å². The van der Waals surface area contributed by atoms with Gasteiger partial charge in [-0.3, -0.25) is 0 Å². The molecule has 0 aromatic carbocycles. The van der Waals surface area contributed by atoms with E-state index in [1.165, 1.54) is 18.1 Å². The molecule has 18 heavy (non-hydrogen) atoms. The number of carbonyl (C=O) groups is 1. The summed E-state index contributed by atoms with van der Waals surface area (Å²) < 4.78 is 11.3. The van der Waals surface area contributed by atoms with Gasteiger partial charge in [0.1, 0.15) is 6.33 Å². The normalized spacial score (nSPS) is 10.1. The van der Waals surface area contributed by atoms with Crippen LogP contribution in [0.25, 0.3) is 5.82 Å². The molecule has 2 aromatic heterocycles. The van der Waals surface area contributed by atoms with Crippen LogP contribution in [-0.2, 0) is 4.74 Å². The summed E-state index contributed by atoms with van der Waals surface area (Å²) in [5, 5.41) is 3.98. The van der Waals surface area contributed by atoms with Crippen molar-refractivity contribution in [2.45, 2.75) is 6.92 Å². The minimum absolute atomic E-state index is 0.0226. The first-order valence-corrected chi connectivity index (χ1v) is 5.34. The largest absolute Gasteiger partial charge is 0.490 e. The number of aromatic nitrogens is 4. The summed E-state index contributed by atoms with van der Waals surface area (Å²) in [6.07, 6.45) is 2.99. The molecule has 0 bridgehead atoms. The van der Waals surface area contributed by atoms with Crippen molar-refractivity contribution in [2.24, 2.45) is 0 Å². The standard InChI is InChI=1S/C11H12N4O3/c1-3-18-8-5-4-6-12-10(8)15-7-13-9(14-15)11(16)17-2/h4-7H,3H2,1-2H3. The van der Waals surface area contributed by atoms with Crippen LogP contribution in [0.4, 0.5) is 0 Å². The zero-order valence-electron chi connectivity index (χ0n) is 10.0. The number of methoxy groups -OCH3 is 1. The number of hydrogen-bond donors (Lipinski definition) is 0. The highest BCUT2D eigenvalue weighted by molar-refractivity contribution is 5.84. The zero-order valence-corrected chi connectivity index (χ0v) is 10.0. The molecule has 94 valence electrons. The molecule has 0 atom stereocenters. The highest BCUT2D eigenvalue weighted by Crippen LogP contribution is 2.18. The van der Waals surface area contributed by atoms with E-state index in [-0.39, 0.29) is 5.82 Å². The Hall–Kier alpha value is -2.44. The Bertz CT molecular complexity index is 553. The van der Waals surface area contributed by atoms with Gasteiger partial charge in [-0.2, -0.15) is 4.68 Å². The second kappa shape index (κ2) is 5.26. The predicted octanol–water partition coefficient (Wildman–Crippen LogP) is 0.848. The van der Waals surface area contributed by atoms with Crippen LogP contribution < -0.4 is 4.74 Å². The molecule has 0 unspecified atom stereocenters. The van der Waals surface area contributed by atoms with Crippen LogP contribution >= 0.6 is 0 Å². The molecular formula is C11H12N4O3. The minimum atomic E-state index is -0.595. The van der Waals surface area contributed by atoms with Gasteiger partial charge in [-0.1, -0.05) is 0 Å². The van der Waals surface area contributed by atoms with E-state index in [2.05, 4.69) is 19.8 Å². The topological polar surface area (TPSA) is 79.1 Å². The predicted molar refractivity (Wildman–Crippen MR) is 61.7 cm³/mol. The molecule has 0 aliphatic carbocycles. The molecule has 0 amide bonds. The van der Waals surface area contributed by atoms with Crippen molar-refractivity contribution < 1.29 is 14.3 Å². The molecule has 0 fully saturated rings. The van der Waals surface area contributed by atoms with Gasteiger partial charge in [0.25, 0.3) is 5.82 Å². The fourth-order valence-corrected chi connectivity index (χ4v) is 1.37. The van der Waals surface area contributed by atoms with E-state index in [0.29, 0.717) is 18.2 Å². The first-order chi connectivity index (χ1) is 8.76. The van der Waals surface area contributed by atoms with Crippen molar-refractivity contribution in [3.8, 4) is 11.6 Å². The van der Waals surface area contributed by atoms with E-state index >= 15 is 0 Å². The molecule has 2 aromatic rings. The summed E-state index contributed by atoms with van der Waals surface area (Å²) in [6.45, 7) is 2.38. The van der Waals surface area contributed by atoms with Gasteiger partial charge in [-0.05, 0) is 19.1 Å². The average molecular weight is 248 g/mol. The Kier molecular flexibility index (Phi) is 3.52. The van der Waals surface area contributed by atoms with Crippen molar-refractivity contribution in [3.05, 3.63) is 30.5 Å². The SMILES string of the molecule is CCOc1cccnc1-n1cnc(C(=O)OC)n1. The molecule has 0 aliphatic rings. The quantitative estimate of drug-likeness (QED) is 0.746. The van der Waals surface area contributed by atoms with Crippen LogP contribution in [0.1, 0.15) is 17.5 Å². The lowest BCUT2D eigenvalue weighted by atomic mass is 10.4. The molecule has 7 heteroatoms. The van der Waals surface area contributed by atoms with E-state index < -0.39 is 5.97 Å². The first-order valence-electron chi connectivity index (χ1n) is 5.34. The van der Waals surface area contributed by atoms with Crippen LogP contribution in [0.5, 0.6) is 5.75 Å². The summed E-state index contributed by atoms with van der Waals surface area (Å²) in [4.78, 5) is 19.3. The van der Waals surface area contributed by atoms with E-state index in [0.717, 1.165) is 0 Å². The number of nitrogens with zero attached hydrogens (tertiary/aromatic N) is 4. The number of hydrogen-bond acceptors (Lipinski definition) is 6. The van der Waals surface area contributed by atoms with Gasteiger partial charge in [-0.25, -0.2) is 14.8 Å².